The van der Waals surface area contributed by atoms with Gasteiger partial charge in [-0.05, 0) is 23.7 Å². The van der Waals surface area contributed by atoms with Crippen molar-refractivity contribution in [3.8, 4) is 12.3 Å². The van der Waals surface area contributed by atoms with Crippen molar-refractivity contribution in [3.05, 3.63) is 23.5 Å². The van der Waals surface area contributed by atoms with Gasteiger partial charge in [-0.15, -0.1) is 6.42 Å². The molecule has 0 bridgehead atoms. The molecule has 128 valence electrons. The molecule has 1 aliphatic rings. The highest BCUT2D eigenvalue weighted by Crippen LogP contribution is 2.18. The zero-order valence-corrected chi connectivity index (χ0v) is 14.3. The van der Waals surface area contributed by atoms with Gasteiger partial charge in [-0.1, -0.05) is 5.92 Å². The molecule has 0 aliphatic carbocycles. The van der Waals surface area contributed by atoms with Gasteiger partial charge in [0, 0.05) is 31.5 Å². The van der Waals surface area contributed by atoms with E-state index in [4.69, 9.17) is 16.6 Å². The Balaban J connectivity index is 2.26. The Labute approximate surface area is 144 Å². The Morgan fingerprint density at radius 2 is 2.38 bits per heavy atom. The molecule has 8 heteroatoms. The molecule has 0 aromatic carbocycles. The number of hydrogen-bond donors (Lipinski definition) is 2. The average molecular weight is 348 g/mol. The number of rotatable bonds is 5. The van der Waals surface area contributed by atoms with Crippen LogP contribution in [0.25, 0.3) is 0 Å². The number of carbonyl (C=O) groups excluding carboxylic acids is 1. The molecular weight excluding hydrogens is 328 g/mol. The van der Waals surface area contributed by atoms with Gasteiger partial charge < -0.3 is 19.5 Å². The predicted octanol–water partition coefficient (Wildman–Crippen LogP) is 0.693. The number of nitrogens with zero attached hydrogens (tertiary/aromatic N) is 2. The van der Waals surface area contributed by atoms with Crippen molar-refractivity contribution in [2.45, 2.75) is 6.42 Å². The molecule has 1 aromatic heterocycles. The molecule has 0 saturated carbocycles. The first-order valence-electron chi connectivity index (χ1n) is 7.49. The third-order valence-corrected chi connectivity index (χ3v) is 4.06. The quantitative estimate of drug-likeness (QED) is 0.463. The van der Waals surface area contributed by atoms with Gasteiger partial charge in [0.15, 0.2) is 5.88 Å². The van der Waals surface area contributed by atoms with Crippen LogP contribution in [0.1, 0.15) is 22.5 Å². The smallest absolute Gasteiger partial charge is 0.272 e. The first kappa shape index (κ1) is 18.3. The van der Waals surface area contributed by atoms with E-state index in [1.54, 1.807) is 17.2 Å². The van der Waals surface area contributed by atoms with Crippen molar-refractivity contribution in [2.24, 2.45) is 0 Å². The second kappa shape index (κ2) is 8.68. The van der Waals surface area contributed by atoms with Crippen LogP contribution in [0.2, 0.25) is 0 Å². The van der Waals surface area contributed by atoms with Gasteiger partial charge in [-0.2, -0.15) is 0 Å². The molecule has 1 saturated heterocycles. The standard InChI is InChI=1S/C16H20N4O3S/c1-3-13(17)12-10-18-15(9-14(12)19-11-24(2)22)16(21)20-5-4-7-23-8-6-20/h1,9-10,17H,4-8,11H2,2H3,(H,18,19). The topological polar surface area (TPSA) is 101 Å². The number of pyridine rings is 1. The monoisotopic (exact) mass is 348 g/mol. The van der Waals surface area contributed by atoms with Crippen molar-refractivity contribution < 1.29 is 14.1 Å². The molecule has 2 N–H and O–H groups in total. The van der Waals surface area contributed by atoms with E-state index < -0.39 is 11.2 Å². The largest absolute Gasteiger partial charge is 0.615 e. The SMILES string of the molecule is C#CC(=N)c1cnc(C(=O)N2CCCOCC2)cc1NC[S+](C)[O-]. The van der Waals surface area contributed by atoms with Crippen molar-refractivity contribution in [3.63, 3.8) is 0 Å². The van der Waals surface area contributed by atoms with Crippen LogP contribution in [0.3, 0.4) is 0 Å². The normalized spacial score (nSPS) is 16.0. The summed E-state index contributed by atoms with van der Waals surface area (Å²) in [5.74, 6) is 2.25. The summed E-state index contributed by atoms with van der Waals surface area (Å²) in [6.07, 6.45) is 9.03. The van der Waals surface area contributed by atoms with Crippen molar-refractivity contribution in [1.29, 1.82) is 5.41 Å². The van der Waals surface area contributed by atoms with Gasteiger partial charge in [0.05, 0.1) is 18.6 Å². The Bertz CT molecular complexity index is 649. The zero-order valence-electron chi connectivity index (χ0n) is 13.5. The summed E-state index contributed by atoms with van der Waals surface area (Å²) in [5.41, 5.74) is 1.10. The van der Waals surface area contributed by atoms with Gasteiger partial charge in [0.25, 0.3) is 5.91 Å². The highest BCUT2D eigenvalue weighted by atomic mass is 32.2. The van der Waals surface area contributed by atoms with E-state index in [2.05, 4.69) is 16.2 Å². The van der Waals surface area contributed by atoms with Crippen LogP contribution in [-0.4, -0.2) is 64.5 Å². The number of nitrogens with one attached hydrogen (secondary N) is 2. The second-order valence-electron chi connectivity index (χ2n) is 5.29. The fourth-order valence-corrected chi connectivity index (χ4v) is 2.64. The van der Waals surface area contributed by atoms with Crippen molar-refractivity contribution >= 4 is 28.5 Å². The van der Waals surface area contributed by atoms with Crippen molar-refractivity contribution in [1.82, 2.24) is 9.88 Å². The molecule has 1 unspecified atom stereocenters. The molecular formula is C16H20N4O3S. The van der Waals surface area contributed by atoms with Crippen molar-refractivity contribution in [2.75, 3.05) is 43.8 Å². The number of carbonyl (C=O) groups is 1. The Kier molecular flexibility index (Phi) is 6.61. The number of amides is 1. The predicted molar refractivity (Wildman–Crippen MR) is 93.8 cm³/mol. The maximum absolute atomic E-state index is 12.6. The lowest BCUT2D eigenvalue weighted by atomic mass is 10.1. The molecule has 1 aliphatic heterocycles. The van der Waals surface area contributed by atoms with E-state index in [1.165, 1.54) is 6.20 Å². The molecule has 2 rings (SSSR count). The fraction of sp³-hybridized carbons (Fsp3) is 0.438. The third-order valence-electron chi connectivity index (χ3n) is 3.51. The van der Waals surface area contributed by atoms with Crippen LogP contribution in [-0.2, 0) is 15.9 Å². The maximum atomic E-state index is 12.6. The molecule has 1 fully saturated rings. The van der Waals surface area contributed by atoms with E-state index in [0.29, 0.717) is 37.6 Å². The van der Waals surface area contributed by atoms with Crippen LogP contribution in [0, 0.1) is 17.8 Å². The highest BCUT2D eigenvalue weighted by molar-refractivity contribution is 7.90. The molecule has 1 amide bonds. The Morgan fingerprint density at radius 3 is 3.08 bits per heavy atom. The molecule has 24 heavy (non-hydrogen) atoms. The van der Waals surface area contributed by atoms with E-state index in [9.17, 15) is 9.35 Å². The molecule has 0 spiro atoms. The lowest BCUT2D eigenvalue weighted by molar-refractivity contribution is 0.0735. The number of anilines is 1. The summed E-state index contributed by atoms with van der Waals surface area (Å²) in [5, 5.41) is 10.8. The van der Waals surface area contributed by atoms with E-state index >= 15 is 0 Å². The summed E-state index contributed by atoms with van der Waals surface area (Å²) in [7, 11) is 0. The number of hydrogen-bond acceptors (Lipinski definition) is 6. The minimum atomic E-state index is -1.08. The fourth-order valence-electron chi connectivity index (χ4n) is 2.29. The van der Waals surface area contributed by atoms with E-state index in [-0.39, 0.29) is 23.2 Å². The van der Waals surface area contributed by atoms with Crippen LogP contribution in [0.5, 0.6) is 0 Å². The van der Waals surface area contributed by atoms with Crippen LogP contribution in [0.4, 0.5) is 5.69 Å². The van der Waals surface area contributed by atoms with E-state index in [0.717, 1.165) is 6.42 Å². The average Bonchev–Trinajstić information content (AvgIpc) is 2.87. The summed E-state index contributed by atoms with van der Waals surface area (Å²) < 4.78 is 16.7. The van der Waals surface area contributed by atoms with Gasteiger partial charge in [-0.3, -0.25) is 15.2 Å². The molecule has 1 aromatic rings. The number of aromatic nitrogens is 1. The summed E-state index contributed by atoms with van der Waals surface area (Å²) >= 11 is -1.08. The minimum absolute atomic E-state index is 0.0472. The number of ether oxygens (including phenoxy) is 1. The Morgan fingerprint density at radius 1 is 1.58 bits per heavy atom. The lowest BCUT2D eigenvalue weighted by Crippen LogP contribution is -2.34. The highest BCUT2D eigenvalue weighted by Gasteiger charge is 2.20. The summed E-state index contributed by atoms with van der Waals surface area (Å²) in [6.45, 7) is 2.28. The minimum Gasteiger partial charge on any atom is -0.615 e. The lowest BCUT2D eigenvalue weighted by Gasteiger charge is -2.20. The molecule has 1 atom stereocenters. The molecule has 7 nitrogen and oxygen atoms in total. The van der Waals surface area contributed by atoms with Crippen LogP contribution >= 0.6 is 0 Å². The first-order valence-corrected chi connectivity index (χ1v) is 9.22. The van der Waals surface area contributed by atoms with E-state index in [1.807, 2.05) is 0 Å². The Hall–Kier alpha value is -2.08. The zero-order chi connectivity index (χ0) is 17.5. The molecule has 2 heterocycles. The third kappa shape index (κ3) is 4.71. The van der Waals surface area contributed by atoms with Gasteiger partial charge in [0.2, 0.25) is 0 Å². The molecule has 0 radical (unpaired) electrons. The maximum Gasteiger partial charge on any atom is 0.272 e. The number of terminal acetylenes is 1. The van der Waals surface area contributed by atoms with Gasteiger partial charge >= 0.3 is 0 Å². The second-order valence-corrected chi connectivity index (χ2v) is 6.72. The first-order chi connectivity index (χ1) is 11.5. The van der Waals surface area contributed by atoms with Gasteiger partial charge in [0.1, 0.15) is 11.4 Å². The van der Waals surface area contributed by atoms with Crippen LogP contribution in [0.15, 0.2) is 12.3 Å². The summed E-state index contributed by atoms with van der Waals surface area (Å²) in [4.78, 5) is 18.5. The van der Waals surface area contributed by atoms with Crippen LogP contribution < -0.4 is 5.32 Å². The van der Waals surface area contributed by atoms with Gasteiger partial charge in [-0.25, -0.2) is 0 Å². The summed E-state index contributed by atoms with van der Waals surface area (Å²) in [6, 6.07) is 1.56.